The monoisotopic (exact) mass is 544 g/mol. The number of aryl methyl sites for hydroxylation is 1. The number of alkyl halides is 3. The van der Waals surface area contributed by atoms with E-state index in [1.807, 2.05) is 0 Å². The van der Waals surface area contributed by atoms with Gasteiger partial charge in [0.25, 0.3) is 0 Å². The van der Waals surface area contributed by atoms with Gasteiger partial charge >= 0.3 is 6.18 Å². The molecule has 0 amide bonds. The van der Waals surface area contributed by atoms with Gasteiger partial charge in [-0.2, -0.15) is 18.2 Å². The van der Waals surface area contributed by atoms with E-state index in [-0.39, 0.29) is 35.6 Å². The Morgan fingerprint density at radius 1 is 1.13 bits per heavy atom. The summed E-state index contributed by atoms with van der Waals surface area (Å²) < 4.78 is 66.5. The predicted octanol–water partition coefficient (Wildman–Crippen LogP) is 5.01. The molecule has 1 N–H and O–H groups in total. The van der Waals surface area contributed by atoms with Crippen molar-refractivity contribution in [1.82, 2.24) is 29.5 Å². The van der Waals surface area contributed by atoms with E-state index in [1.165, 1.54) is 45.7 Å². The Kier molecular flexibility index (Phi) is 6.93. The topological polar surface area (TPSA) is 108 Å². The van der Waals surface area contributed by atoms with Crippen molar-refractivity contribution in [2.75, 3.05) is 7.11 Å². The second-order valence-electron chi connectivity index (χ2n) is 9.21. The summed E-state index contributed by atoms with van der Waals surface area (Å²) in [6, 6.07) is 4.01. The summed E-state index contributed by atoms with van der Waals surface area (Å²) in [5.41, 5.74) is 0.799. The van der Waals surface area contributed by atoms with E-state index >= 15 is 0 Å². The molecule has 0 bridgehead atoms. The van der Waals surface area contributed by atoms with Gasteiger partial charge in [-0.3, -0.25) is 0 Å². The summed E-state index contributed by atoms with van der Waals surface area (Å²) >= 11 is 0. The number of aromatic nitrogens is 6. The first-order valence-electron chi connectivity index (χ1n) is 12.0. The zero-order valence-electron chi connectivity index (χ0n) is 21.2. The highest BCUT2D eigenvalue weighted by molar-refractivity contribution is 5.66. The maximum absolute atomic E-state index is 15.0. The molecule has 0 spiro atoms. The largest absolute Gasteiger partial charge is 0.480 e. The number of halogens is 4. The van der Waals surface area contributed by atoms with E-state index in [2.05, 4.69) is 24.9 Å². The number of hydrogen-bond acceptors (Lipinski definition) is 8. The van der Waals surface area contributed by atoms with Crippen LogP contribution in [0.3, 0.4) is 0 Å². The van der Waals surface area contributed by atoms with Gasteiger partial charge in [-0.15, -0.1) is 0 Å². The molecular weight excluding hydrogens is 520 g/mol. The van der Waals surface area contributed by atoms with Crippen LogP contribution >= 0.6 is 0 Å². The van der Waals surface area contributed by atoms with Crippen LogP contribution in [0.5, 0.6) is 11.8 Å². The fourth-order valence-electron chi connectivity index (χ4n) is 4.15. The zero-order chi connectivity index (χ0) is 27.9. The third-order valence-electron chi connectivity index (χ3n) is 6.27. The number of aliphatic hydroxyl groups excluding tert-OH is 1. The van der Waals surface area contributed by atoms with Gasteiger partial charge in [0.1, 0.15) is 30.1 Å². The molecule has 3 aromatic heterocycles. The lowest BCUT2D eigenvalue weighted by Gasteiger charge is -2.15. The minimum absolute atomic E-state index is 0.0751. The summed E-state index contributed by atoms with van der Waals surface area (Å²) in [6.45, 7) is 1.39. The Morgan fingerprint density at radius 3 is 2.51 bits per heavy atom. The molecule has 4 aromatic rings. The number of aliphatic hydroxyl groups is 1. The molecule has 0 aliphatic heterocycles. The molecule has 1 saturated carbocycles. The highest BCUT2D eigenvalue weighted by atomic mass is 19.4. The summed E-state index contributed by atoms with van der Waals surface area (Å²) in [6.07, 6.45) is -0.000133. The van der Waals surface area contributed by atoms with Crippen LogP contribution in [-0.4, -0.2) is 41.7 Å². The van der Waals surface area contributed by atoms with Crippen molar-refractivity contribution < 1.29 is 32.1 Å². The second-order valence-corrected chi connectivity index (χ2v) is 9.21. The Hall–Kier alpha value is -4.13. The molecule has 9 nitrogen and oxygen atoms in total. The lowest BCUT2D eigenvalue weighted by molar-refractivity contribution is -0.140. The third-order valence-corrected chi connectivity index (χ3v) is 6.27. The molecule has 0 unspecified atom stereocenters. The average Bonchev–Trinajstić information content (AvgIpc) is 3.67. The number of hydrogen-bond donors (Lipinski definition) is 1. The van der Waals surface area contributed by atoms with Crippen LogP contribution in [0.2, 0.25) is 0 Å². The highest BCUT2D eigenvalue weighted by Crippen LogP contribution is 2.45. The van der Waals surface area contributed by atoms with Crippen LogP contribution in [0.4, 0.5) is 17.6 Å². The Balaban J connectivity index is 1.43. The molecule has 13 heteroatoms. The van der Waals surface area contributed by atoms with Gasteiger partial charge in [-0.05, 0) is 37.5 Å². The Bertz CT molecular complexity index is 1520. The lowest BCUT2D eigenvalue weighted by Crippen LogP contribution is -2.08. The first-order valence-corrected chi connectivity index (χ1v) is 12.0. The SMILES string of the molecule is COc1ncnc(C2CC2)c1-c1ncc([C@H](C)O)c(OCc2ccc(-c3nc(C(F)(F)F)cn3C)c(F)c2)n1. The van der Waals surface area contributed by atoms with Gasteiger partial charge in [0.05, 0.1) is 30.0 Å². The summed E-state index contributed by atoms with van der Waals surface area (Å²) in [4.78, 5) is 21.0. The molecule has 1 atom stereocenters. The van der Waals surface area contributed by atoms with E-state index in [4.69, 9.17) is 9.47 Å². The molecule has 0 saturated heterocycles. The van der Waals surface area contributed by atoms with Crippen molar-refractivity contribution in [1.29, 1.82) is 0 Å². The Labute approximate surface area is 220 Å². The molecule has 1 fully saturated rings. The van der Waals surface area contributed by atoms with Crippen LogP contribution in [-0.2, 0) is 19.8 Å². The summed E-state index contributed by atoms with van der Waals surface area (Å²) in [7, 11) is 2.84. The maximum Gasteiger partial charge on any atom is 0.434 e. The Morgan fingerprint density at radius 2 is 1.90 bits per heavy atom. The minimum Gasteiger partial charge on any atom is -0.480 e. The van der Waals surface area contributed by atoms with Crippen LogP contribution in [0, 0.1) is 5.82 Å². The van der Waals surface area contributed by atoms with Crippen molar-refractivity contribution >= 4 is 0 Å². The smallest absolute Gasteiger partial charge is 0.434 e. The lowest BCUT2D eigenvalue weighted by atomic mass is 10.1. The number of ether oxygens (including phenoxy) is 2. The minimum atomic E-state index is -4.65. The zero-order valence-corrected chi connectivity index (χ0v) is 21.2. The van der Waals surface area contributed by atoms with Crippen LogP contribution < -0.4 is 9.47 Å². The maximum atomic E-state index is 15.0. The fraction of sp³-hybridized carbons (Fsp3) is 0.346. The van der Waals surface area contributed by atoms with Crippen LogP contribution in [0.1, 0.15) is 54.3 Å². The van der Waals surface area contributed by atoms with Crippen molar-refractivity contribution in [3.63, 3.8) is 0 Å². The van der Waals surface area contributed by atoms with Gasteiger partial charge in [0.2, 0.25) is 11.8 Å². The molecular formula is C26H24F4N6O3. The van der Waals surface area contributed by atoms with Gasteiger partial charge < -0.3 is 19.1 Å². The van der Waals surface area contributed by atoms with Crippen molar-refractivity contribution in [2.24, 2.45) is 7.05 Å². The molecule has 5 rings (SSSR count). The normalized spacial score (nSPS) is 14.4. The molecule has 204 valence electrons. The van der Waals surface area contributed by atoms with Crippen molar-refractivity contribution in [3.05, 3.63) is 65.3 Å². The number of nitrogens with zero attached hydrogens (tertiary/aromatic N) is 6. The predicted molar refractivity (Wildman–Crippen MR) is 130 cm³/mol. The van der Waals surface area contributed by atoms with Gasteiger partial charge in [-0.1, -0.05) is 6.07 Å². The number of benzene rings is 1. The number of rotatable bonds is 8. The van der Waals surface area contributed by atoms with Crippen molar-refractivity contribution in [3.8, 4) is 34.5 Å². The van der Waals surface area contributed by atoms with E-state index in [1.54, 1.807) is 0 Å². The summed E-state index contributed by atoms with van der Waals surface area (Å²) in [5, 5.41) is 10.2. The van der Waals surface area contributed by atoms with E-state index in [9.17, 15) is 22.7 Å². The van der Waals surface area contributed by atoms with Crippen LogP contribution in [0.25, 0.3) is 22.8 Å². The number of imidazole rings is 1. The fourth-order valence-corrected chi connectivity index (χ4v) is 4.15. The van der Waals surface area contributed by atoms with E-state index in [0.717, 1.165) is 35.4 Å². The summed E-state index contributed by atoms with van der Waals surface area (Å²) in [5.74, 6) is -0.0406. The first kappa shape index (κ1) is 26.5. The highest BCUT2D eigenvalue weighted by Gasteiger charge is 2.35. The molecule has 0 radical (unpaired) electrons. The first-order chi connectivity index (χ1) is 18.6. The van der Waals surface area contributed by atoms with Crippen LogP contribution in [0.15, 0.2) is 36.9 Å². The van der Waals surface area contributed by atoms with Gasteiger partial charge in [0.15, 0.2) is 11.5 Å². The third kappa shape index (κ3) is 5.39. The van der Waals surface area contributed by atoms with Crippen molar-refractivity contribution in [2.45, 2.75) is 44.6 Å². The quantitative estimate of drug-likeness (QED) is 0.309. The molecule has 1 aromatic carbocycles. The molecule has 1 aliphatic carbocycles. The van der Waals surface area contributed by atoms with Gasteiger partial charge in [-0.25, -0.2) is 24.3 Å². The molecule has 1 aliphatic rings. The number of methoxy groups -OCH3 is 1. The van der Waals surface area contributed by atoms with E-state index in [0.29, 0.717) is 22.6 Å². The molecule has 3 heterocycles. The standard InChI is InChI=1S/C26H24F4N6O3/c1-13(37)17-9-31-22(20-21(15-5-6-15)32-12-33-25(20)38-3)35-24(17)39-11-14-4-7-16(18(27)8-14)23-34-19(10-36(23)2)26(28,29)30/h4,7-10,12-13,15,37H,5-6,11H2,1-3H3/t13-/m0/s1. The molecule has 39 heavy (non-hydrogen) atoms. The van der Waals surface area contributed by atoms with Gasteiger partial charge in [0, 0.05) is 25.4 Å². The second kappa shape index (κ2) is 10.2. The average molecular weight is 545 g/mol. The van der Waals surface area contributed by atoms with E-state index < -0.39 is 23.8 Å².